The highest BCUT2D eigenvalue weighted by Crippen LogP contribution is 1.81. The Morgan fingerprint density at radius 1 is 1.18 bits per heavy atom. The number of allylic oxidation sites excluding steroid dienone is 3. The predicted molar refractivity (Wildman–Crippen MR) is 51.8 cm³/mol. The lowest BCUT2D eigenvalue weighted by molar-refractivity contribution is 1.49. The van der Waals surface area contributed by atoms with Crippen LogP contribution in [-0.4, -0.2) is 11.4 Å². The van der Waals surface area contributed by atoms with Crippen molar-refractivity contribution in [1.29, 1.82) is 10.8 Å². The van der Waals surface area contributed by atoms with E-state index >= 15 is 0 Å². The SMILES string of the molecule is C=CC(=N)C(=N)/C=C\C.CC. The largest absolute Gasteiger partial charge is 0.299 e. The topological polar surface area (TPSA) is 47.7 Å². The highest BCUT2D eigenvalue weighted by atomic mass is 14.5. The first-order valence-electron chi connectivity index (χ1n) is 3.65. The molecule has 0 fully saturated rings. The zero-order valence-corrected chi connectivity index (χ0v) is 7.44. The maximum absolute atomic E-state index is 7.11. The van der Waals surface area contributed by atoms with Gasteiger partial charge in [-0.25, -0.2) is 0 Å². The van der Waals surface area contributed by atoms with Gasteiger partial charge < -0.3 is 0 Å². The molecule has 0 aromatic heterocycles. The van der Waals surface area contributed by atoms with Crippen molar-refractivity contribution in [2.24, 2.45) is 0 Å². The van der Waals surface area contributed by atoms with Crippen molar-refractivity contribution in [2.45, 2.75) is 20.8 Å². The van der Waals surface area contributed by atoms with Crippen LogP contribution in [0.1, 0.15) is 20.8 Å². The lowest BCUT2D eigenvalue weighted by Gasteiger charge is -1.89. The van der Waals surface area contributed by atoms with Gasteiger partial charge in [0.1, 0.15) is 0 Å². The van der Waals surface area contributed by atoms with Gasteiger partial charge in [0.05, 0.1) is 11.4 Å². The molecule has 0 aliphatic carbocycles. The molecular weight excluding hydrogens is 136 g/mol. The average molecular weight is 152 g/mol. The van der Waals surface area contributed by atoms with E-state index in [9.17, 15) is 0 Å². The maximum atomic E-state index is 7.11. The van der Waals surface area contributed by atoms with Crippen molar-refractivity contribution >= 4 is 11.4 Å². The normalized spacial score (nSPS) is 8.27. The molecule has 0 aromatic rings. The van der Waals surface area contributed by atoms with Crippen LogP contribution in [0.25, 0.3) is 0 Å². The number of hydrogen-bond acceptors (Lipinski definition) is 2. The summed E-state index contributed by atoms with van der Waals surface area (Å²) in [5.74, 6) is 0. The number of rotatable bonds is 3. The second-order valence-electron chi connectivity index (χ2n) is 1.53. The lowest BCUT2D eigenvalue weighted by Crippen LogP contribution is -2.03. The van der Waals surface area contributed by atoms with Gasteiger partial charge in [0, 0.05) is 0 Å². The van der Waals surface area contributed by atoms with Gasteiger partial charge in [0.25, 0.3) is 0 Å². The molecule has 0 aliphatic heterocycles. The van der Waals surface area contributed by atoms with Gasteiger partial charge in [0.2, 0.25) is 0 Å². The molecule has 0 spiro atoms. The van der Waals surface area contributed by atoms with E-state index in [0.717, 1.165) is 0 Å². The third kappa shape index (κ3) is 6.71. The Morgan fingerprint density at radius 2 is 1.64 bits per heavy atom. The predicted octanol–water partition coefficient (Wildman–Crippen LogP) is 2.81. The van der Waals surface area contributed by atoms with Crippen LogP contribution in [0.2, 0.25) is 0 Å². The highest BCUT2D eigenvalue weighted by molar-refractivity contribution is 6.47. The summed E-state index contributed by atoms with van der Waals surface area (Å²) in [5, 5.41) is 14.2. The molecular formula is C9H16N2. The Balaban J connectivity index is 0. The van der Waals surface area contributed by atoms with E-state index in [1.54, 1.807) is 12.2 Å². The van der Waals surface area contributed by atoms with Crippen LogP contribution in [0, 0.1) is 10.8 Å². The molecule has 2 heteroatoms. The third-order valence-corrected chi connectivity index (χ3v) is 0.828. The van der Waals surface area contributed by atoms with Gasteiger partial charge >= 0.3 is 0 Å². The molecule has 11 heavy (non-hydrogen) atoms. The highest BCUT2D eigenvalue weighted by Gasteiger charge is 1.91. The van der Waals surface area contributed by atoms with Gasteiger partial charge in [-0.05, 0) is 19.1 Å². The van der Waals surface area contributed by atoms with Gasteiger partial charge in [-0.15, -0.1) is 0 Å². The zero-order chi connectivity index (χ0) is 9.28. The molecule has 0 saturated heterocycles. The fraction of sp³-hybridized carbons (Fsp3) is 0.333. The Morgan fingerprint density at radius 3 is 1.91 bits per heavy atom. The van der Waals surface area contributed by atoms with Crippen molar-refractivity contribution in [3.05, 3.63) is 24.8 Å². The minimum Gasteiger partial charge on any atom is -0.299 e. The molecule has 0 bridgehead atoms. The van der Waals surface area contributed by atoms with Crippen LogP contribution >= 0.6 is 0 Å². The van der Waals surface area contributed by atoms with E-state index in [1.165, 1.54) is 6.08 Å². The molecule has 2 N–H and O–H groups in total. The van der Waals surface area contributed by atoms with Crippen molar-refractivity contribution in [3.63, 3.8) is 0 Å². The summed E-state index contributed by atoms with van der Waals surface area (Å²) in [6, 6.07) is 0. The first-order valence-corrected chi connectivity index (χ1v) is 3.65. The molecule has 0 saturated carbocycles. The Labute approximate surface area is 68.7 Å². The molecule has 0 heterocycles. The van der Waals surface area contributed by atoms with Gasteiger partial charge in [-0.3, -0.25) is 10.8 Å². The van der Waals surface area contributed by atoms with E-state index in [1.807, 2.05) is 20.8 Å². The molecule has 0 aliphatic rings. The monoisotopic (exact) mass is 152 g/mol. The smallest absolute Gasteiger partial charge is 0.0785 e. The molecule has 0 unspecified atom stereocenters. The van der Waals surface area contributed by atoms with Gasteiger partial charge in [-0.2, -0.15) is 0 Å². The molecule has 0 atom stereocenters. The summed E-state index contributed by atoms with van der Waals surface area (Å²) in [4.78, 5) is 0. The summed E-state index contributed by atoms with van der Waals surface area (Å²) in [6.07, 6.45) is 4.63. The zero-order valence-electron chi connectivity index (χ0n) is 7.44. The third-order valence-electron chi connectivity index (χ3n) is 0.828. The summed E-state index contributed by atoms with van der Waals surface area (Å²) < 4.78 is 0. The van der Waals surface area contributed by atoms with Crippen LogP contribution in [0.5, 0.6) is 0 Å². The summed E-state index contributed by atoms with van der Waals surface area (Å²) in [6.45, 7) is 9.18. The molecule has 0 rings (SSSR count). The molecule has 2 nitrogen and oxygen atoms in total. The molecule has 0 radical (unpaired) electrons. The lowest BCUT2D eigenvalue weighted by atomic mass is 10.2. The van der Waals surface area contributed by atoms with Crippen molar-refractivity contribution in [1.82, 2.24) is 0 Å². The van der Waals surface area contributed by atoms with E-state index in [2.05, 4.69) is 6.58 Å². The van der Waals surface area contributed by atoms with E-state index in [4.69, 9.17) is 10.8 Å². The second-order valence-corrected chi connectivity index (χ2v) is 1.53. The first-order chi connectivity index (χ1) is 5.22. The van der Waals surface area contributed by atoms with Crippen molar-refractivity contribution in [2.75, 3.05) is 0 Å². The molecule has 0 amide bonds. The van der Waals surface area contributed by atoms with Crippen LogP contribution in [0.4, 0.5) is 0 Å². The van der Waals surface area contributed by atoms with Crippen molar-refractivity contribution < 1.29 is 0 Å². The van der Waals surface area contributed by atoms with E-state index < -0.39 is 0 Å². The average Bonchev–Trinajstić information content (AvgIpc) is 2.07. The molecule has 62 valence electrons. The van der Waals surface area contributed by atoms with Crippen LogP contribution in [-0.2, 0) is 0 Å². The van der Waals surface area contributed by atoms with Gasteiger partial charge in [-0.1, -0.05) is 26.5 Å². The van der Waals surface area contributed by atoms with Crippen molar-refractivity contribution in [3.8, 4) is 0 Å². The second kappa shape index (κ2) is 8.82. The van der Waals surface area contributed by atoms with E-state index in [0.29, 0.717) is 0 Å². The minimum atomic E-state index is 0.160. The standard InChI is InChI=1S/C7H10N2.C2H6/c1-3-5-7(9)6(8)4-2;1-2/h3-5,8-9H,2H2,1H3;1-2H3/b5-3-,8-6?,9-7?;. The fourth-order valence-electron chi connectivity index (χ4n) is 0.366. The fourth-order valence-corrected chi connectivity index (χ4v) is 0.366. The van der Waals surface area contributed by atoms with E-state index in [-0.39, 0.29) is 11.4 Å². The quantitative estimate of drug-likeness (QED) is 0.584. The number of nitrogens with one attached hydrogen (secondary N) is 2. The first kappa shape index (κ1) is 12.5. The van der Waals surface area contributed by atoms with Crippen LogP contribution in [0.15, 0.2) is 24.8 Å². The van der Waals surface area contributed by atoms with Gasteiger partial charge in [0.15, 0.2) is 0 Å². The minimum absolute atomic E-state index is 0.160. The Hall–Kier alpha value is -1.18. The summed E-state index contributed by atoms with van der Waals surface area (Å²) in [5.41, 5.74) is 0.362. The number of hydrogen-bond donors (Lipinski definition) is 2. The Bertz CT molecular complexity index is 166. The maximum Gasteiger partial charge on any atom is 0.0785 e. The van der Waals surface area contributed by atoms with Crippen LogP contribution < -0.4 is 0 Å². The van der Waals surface area contributed by atoms with Crippen LogP contribution in [0.3, 0.4) is 0 Å². The molecule has 0 aromatic carbocycles. The summed E-state index contributed by atoms with van der Waals surface area (Å²) >= 11 is 0. The summed E-state index contributed by atoms with van der Waals surface area (Å²) in [7, 11) is 0. The Kier molecular flexibility index (Phi) is 10.0.